The zero-order valence-electron chi connectivity index (χ0n) is 7.10. The van der Waals surface area contributed by atoms with Gasteiger partial charge in [-0.1, -0.05) is 0 Å². The number of hydrogen-bond acceptors (Lipinski definition) is 1. The maximum absolute atomic E-state index is 13.4. The fraction of sp³-hybridized carbons (Fsp3) is 0. The normalized spacial score (nSPS) is 14.9. The molecule has 1 aromatic rings. The van der Waals surface area contributed by atoms with Gasteiger partial charge in [-0.3, -0.25) is 0 Å². The number of rotatable bonds is 1. The third-order valence-corrected chi connectivity index (χ3v) is 5.58. The van der Waals surface area contributed by atoms with Crippen LogP contribution >= 0.6 is 11.6 Å². The van der Waals surface area contributed by atoms with E-state index in [0.29, 0.717) is 0 Å². The van der Waals surface area contributed by atoms with Crippen LogP contribution in [0.4, 0.5) is 17.6 Å². The van der Waals surface area contributed by atoms with Gasteiger partial charge in [0, 0.05) is 0 Å². The van der Waals surface area contributed by atoms with Crippen LogP contribution in [-0.2, 0) is 0 Å². The Balaban J connectivity index is 2.69. The summed E-state index contributed by atoms with van der Waals surface area (Å²) < 4.78 is 60.3. The van der Waals surface area contributed by atoms with Crippen LogP contribution in [0.25, 0.3) is 0 Å². The van der Waals surface area contributed by atoms with Crippen LogP contribution in [0, 0.1) is 23.3 Å². The SMILES string of the molecule is Fc1c(F)c(C2=N[Se][Se][N]2)c(F)c(F)c1Cl. The Hall–Kier alpha value is -0.261. The maximum atomic E-state index is 13.4. The molecule has 16 heavy (non-hydrogen) atoms. The molecule has 0 N–H and O–H groups in total. The summed E-state index contributed by atoms with van der Waals surface area (Å²) in [5.74, 6) is -6.63. The van der Waals surface area contributed by atoms with Crippen molar-refractivity contribution >= 4 is 44.1 Å². The minimum atomic E-state index is -1.62. The number of benzene rings is 1. The average molecular weight is 381 g/mol. The van der Waals surface area contributed by atoms with Gasteiger partial charge in [0.2, 0.25) is 0 Å². The summed E-state index contributed by atoms with van der Waals surface area (Å²) in [5, 5.41) is -1.20. The van der Waals surface area contributed by atoms with Crippen LogP contribution in [0.15, 0.2) is 4.01 Å². The van der Waals surface area contributed by atoms with Gasteiger partial charge in [0.15, 0.2) is 0 Å². The van der Waals surface area contributed by atoms with E-state index in [1.165, 1.54) is 0 Å². The molecule has 0 aromatic heterocycles. The van der Waals surface area contributed by atoms with Gasteiger partial charge in [-0.2, -0.15) is 0 Å². The molecule has 0 bridgehead atoms. The number of amidine groups is 1. The van der Waals surface area contributed by atoms with E-state index in [4.69, 9.17) is 11.6 Å². The molecule has 0 atom stereocenters. The van der Waals surface area contributed by atoms with Gasteiger partial charge in [0.05, 0.1) is 0 Å². The van der Waals surface area contributed by atoms with Crippen LogP contribution < -0.4 is 4.33 Å². The summed E-state index contributed by atoms with van der Waals surface area (Å²) in [6.07, 6.45) is 0. The summed E-state index contributed by atoms with van der Waals surface area (Å²) in [6, 6.07) is 0. The second kappa shape index (κ2) is 4.55. The van der Waals surface area contributed by atoms with E-state index >= 15 is 0 Å². The molecule has 1 heterocycles. The first-order valence-corrected chi connectivity index (χ1v) is 9.92. The van der Waals surface area contributed by atoms with Crippen LogP contribution in [0.1, 0.15) is 5.56 Å². The predicted molar refractivity (Wildman–Crippen MR) is 51.5 cm³/mol. The molecule has 85 valence electrons. The van der Waals surface area contributed by atoms with Crippen molar-refractivity contribution in [2.24, 2.45) is 4.01 Å². The molecule has 2 nitrogen and oxygen atoms in total. The second-order valence-electron chi connectivity index (χ2n) is 2.60. The molecule has 0 amide bonds. The van der Waals surface area contributed by atoms with Crippen LogP contribution in [0.3, 0.4) is 0 Å². The van der Waals surface area contributed by atoms with Crippen molar-refractivity contribution in [3.63, 3.8) is 0 Å². The van der Waals surface area contributed by atoms with Gasteiger partial charge in [0.1, 0.15) is 0 Å². The Morgan fingerprint density at radius 1 is 0.875 bits per heavy atom. The van der Waals surface area contributed by atoms with E-state index < -0.39 is 33.9 Å². The van der Waals surface area contributed by atoms with Crippen molar-refractivity contribution in [3.05, 3.63) is 33.9 Å². The molecular formula is C7ClF4N2Se2. The fourth-order valence-electron chi connectivity index (χ4n) is 1.01. The number of nitrogens with zero attached hydrogens (tertiary/aromatic N) is 2. The quantitative estimate of drug-likeness (QED) is 0.304. The molecule has 1 aromatic carbocycles. The van der Waals surface area contributed by atoms with Crippen molar-refractivity contribution < 1.29 is 17.6 Å². The minimum absolute atomic E-state index is 0.214. The van der Waals surface area contributed by atoms with Crippen molar-refractivity contribution in [2.75, 3.05) is 0 Å². The summed E-state index contributed by atoms with van der Waals surface area (Å²) in [4.78, 5) is 0. The van der Waals surface area contributed by atoms with Gasteiger partial charge in [-0.15, -0.1) is 0 Å². The summed E-state index contributed by atoms with van der Waals surface area (Å²) >= 11 is 4.65. The standard InChI is InChI=1S/C7ClF4N2Se2/c8-2-5(11)3(9)1(4(10)6(2)12)7-13-15-16-14-7. The molecule has 9 heteroatoms. The molecular weight excluding hydrogens is 381 g/mol. The van der Waals surface area contributed by atoms with Crippen LogP contribution in [-0.4, -0.2) is 32.5 Å². The topological polar surface area (TPSA) is 26.5 Å². The second-order valence-corrected chi connectivity index (χ2v) is 7.62. The zero-order valence-corrected chi connectivity index (χ0v) is 11.3. The van der Waals surface area contributed by atoms with E-state index in [0.717, 1.165) is 0 Å². The average Bonchev–Trinajstić information content (AvgIpc) is 2.77. The summed E-state index contributed by atoms with van der Waals surface area (Å²) in [7, 11) is 0. The predicted octanol–water partition coefficient (Wildman–Crippen LogP) is 1.41. The Morgan fingerprint density at radius 2 is 1.44 bits per heavy atom. The molecule has 0 saturated carbocycles. The van der Waals surface area contributed by atoms with Crippen molar-refractivity contribution in [1.82, 2.24) is 4.33 Å². The molecule has 0 saturated heterocycles. The van der Waals surface area contributed by atoms with Crippen molar-refractivity contribution in [1.29, 1.82) is 0 Å². The van der Waals surface area contributed by atoms with E-state index in [2.05, 4.69) is 8.34 Å². The van der Waals surface area contributed by atoms with Gasteiger partial charge in [0.25, 0.3) is 0 Å². The zero-order chi connectivity index (χ0) is 11.9. The Kier molecular flexibility index (Phi) is 3.47. The molecule has 0 spiro atoms. The Morgan fingerprint density at radius 3 is 1.88 bits per heavy atom. The van der Waals surface area contributed by atoms with E-state index in [9.17, 15) is 17.6 Å². The Bertz CT molecular complexity index is 465. The first kappa shape index (κ1) is 12.2. The first-order valence-electron chi connectivity index (χ1n) is 3.67. The first-order chi connectivity index (χ1) is 7.54. The van der Waals surface area contributed by atoms with Gasteiger partial charge in [-0.05, 0) is 0 Å². The molecule has 0 aliphatic carbocycles. The molecule has 0 fully saturated rings. The summed E-state index contributed by atoms with van der Waals surface area (Å²) in [5.41, 5.74) is -0.874. The van der Waals surface area contributed by atoms with Crippen LogP contribution in [0.5, 0.6) is 0 Å². The number of halogens is 5. The van der Waals surface area contributed by atoms with Gasteiger partial charge < -0.3 is 0 Å². The molecule has 0 unspecified atom stereocenters. The fourth-order valence-corrected chi connectivity index (χ4v) is 4.70. The molecule has 1 radical (unpaired) electrons. The molecule has 2 rings (SSSR count). The van der Waals surface area contributed by atoms with E-state index in [1.807, 2.05) is 0 Å². The summed E-state index contributed by atoms with van der Waals surface area (Å²) in [6.45, 7) is 0. The van der Waals surface area contributed by atoms with Crippen LogP contribution in [0.2, 0.25) is 5.02 Å². The third-order valence-electron chi connectivity index (χ3n) is 1.71. The molecule has 1 aliphatic rings. The van der Waals surface area contributed by atoms with Gasteiger partial charge >= 0.3 is 104 Å². The van der Waals surface area contributed by atoms with Gasteiger partial charge in [-0.25, -0.2) is 0 Å². The van der Waals surface area contributed by atoms with Crippen molar-refractivity contribution in [2.45, 2.75) is 0 Å². The van der Waals surface area contributed by atoms with E-state index in [-0.39, 0.29) is 32.5 Å². The number of hydrogen-bond donors (Lipinski definition) is 0. The van der Waals surface area contributed by atoms with E-state index in [1.54, 1.807) is 0 Å². The van der Waals surface area contributed by atoms with Crippen molar-refractivity contribution in [3.8, 4) is 0 Å². The Labute approximate surface area is 104 Å². The monoisotopic (exact) mass is 383 g/mol. The molecule has 1 aliphatic heterocycles. The third kappa shape index (κ3) is 1.85.